The fraction of sp³-hybridized carbons (Fsp3) is 0.917. The highest BCUT2D eigenvalue weighted by Crippen LogP contribution is 2.24. The summed E-state index contributed by atoms with van der Waals surface area (Å²) in [6.45, 7) is 6.48. The van der Waals surface area contributed by atoms with E-state index in [4.69, 9.17) is 10.5 Å². The van der Waals surface area contributed by atoms with Gasteiger partial charge in [0.15, 0.2) is 0 Å². The lowest BCUT2D eigenvalue weighted by Gasteiger charge is -2.36. The van der Waals surface area contributed by atoms with E-state index in [-0.39, 0.29) is 18.1 Å². The molecule has 2 rings (SSSR count). The summed E-state index contributed by atoms with van der Waals surface area (Å²) in [7, 11) is 0. The lowest BCUT2D eigenvalue weighted by molar-refractivity contribution is -0.144. The van der Waals surface area contributed by atoms with Crippen molar-refractivity contribution in [3.05, 3.63) is 0 Å². The highest BCUT2D eigenvalue weighted by molar-refractivity contribution is 5.81. The highest BCUT2D eigenvalue weighted by Gasteiger charge is 2.36. The number of likely N-dealkylation sites (tertiary alicyclic amines) is 1. The van der Waals surface area contributed by atoms with Gasteiger partial charge in [0.1, 0.15) is 6.10 Å². The standard InChI is InChI=1S/C12H22N2O2/c1-8-5-10(13)7-14(6-8)12(15)11-9(2)3-4-16-11/h8-11H,3-7,13H2,1-2H3. The number of nitrogens with zero attached hydrogens (tertiary/aromatic N) is 1. The van der Waals surface area contributed by atoms with Crippen LogP contribution in [-0.2, 0) is 9.53 Å². The van der Waals surface area contributed by atoms with Gasteiger partial charge in [0, 0.05) is 25.7 Å². The topological polar surface area (TPSA) is 55.6 Å². The average molecular weight is 226 g/mol. The van der Waals surface area contributed by atoms with Gasteiger partial charge in [0.25, 0.3) is 5.91 Å². The van der Waals surface area contributed by atoms with Crippen LogP contribution in [-0.4, -0.2) is 42.6 Å². The van der Waals surface area contributed by atoms with E-state index >= 15 is 0 Å². The number of nitrogens with two attached hydrogens (primary N) is 1. The monoisotopic (exact) mass is 226 g/mol. The first-order valence-electron chi connectivity index (χ1n) is 6.24. The summed E-state index contributed by atoms with van der Waals surface area (Å²) in [6, 6.07) is 0.129. The number of rotatable bonds is 1. The van der Waals surface area contributed by atoms with E-state index in [1.165, 1.54) is 0 Å². The summed E-state index contributed by atoms with van der Waals surface area (Å²) in [6.07, 6.45) is 1.79. The van der Waals surface area contributed by atoms with Gasteiger partial charge in [-0.05, 0) is 24.7 Å². The molecule has 2 aliphatic heterocycles. The molecule has 0 saturated carbocycles. The predicted octanol–water partition coefficient (Wildman–Crippen LogP) is 0.607. The van der Waals surface area contributed by atoms with E-state index in [1.54, 1.807) is 0 Å². The van der Waals surface area contributed by atoms with Crippen LogP contribution in [0.4, 0.5) is 0 Å². The van der Waals surface area contributed by atoms with Crippen LogP contribution >= 0.6 is 0 Å². The second-order valence-electron chi connectivity index (χ2n) is 5.40. The van der Waals surface area contributed by atoms with Gasteiger partial charge in [-0.3, -0.25) is 4.79 Å². The van der Waals surface area contributed by atoms with Crippen molar-refractivity contribution in [3.8, 4) is 0 Å². The Labute approximate surface area is 97.1 Å². The largest absolute Gasteiger partial charge is 0.368 e. The molecule has 0 aromatic carbocycles. The van der Waals surface area contributed by atoms with Crippen molar-refractivity contribution in [2.45, 2.75) is 38.8 Å². The SMILES string of the molecule is CC1CC(N)CN(C(=O)C2OCCC2C)C1. The third-order valence-corrected chi connectivity index (χ3v) is 3.63. The number of carbonyl (C=O) groups is 1. The summed E-state index contributed by atoms with van der Waals surface area (Å²) in [4.78, 5) is 14.1. The zero-order valence-electron chi connectivity index (χ0n) is 10.2. The Bertz CT molecular complexity index is 260. The molecule has 16 heavy (non-hydrogen) atoms. The molecule has 4 unspecified atom stereocenters. The van der Waals surface area contributed by atoms with Crippen molar-refractivity contribution < 1.29 is 9.53 Å². The first-order valence-corrected chi connectivity index (χ1v) is 6.24. The van der Waals surface area contributed by atoms with Gasteiger partial charge < -0.3 is 15.4 Å². The third kappa shape index (κ3) is 2.38. The van der Waals surface area contributed by atoms with Gasteiger partial charge in [0.05, 0.1) is 0 Å². The summed E-state index contributed by atoms with van der Waals surface area (Å²) in [5.74, 6) is 0.998. The van der Waals surface area contributed by atoms with Crippen molar-refractivity contribution in [2.24, 2.45) is 17.6 Å². The van der Waals surface area contributed by atoms with E-state index in [9.17, 15) is 4.79 Å². The maximum Gasteiger partial charge on any atom is 0.252 e. The molecular formula is C12H22N2O2. The summed E-state index contributed by atoms with van der Waals surface area (Å²) < 4.78 is 5.52. The summed E-state index contributed by atoms with van der Waals surface area (Å²) in [5.41, 5.74) is 5.95. The highest BCUT2D eigenvalue weighted by atomic mass is 16.5. The lowest BCUT2D eigenvalue weighted by atomic mass is 9.95. The van der Waals surface area contributed by atoms with Crippen molar-refractivity contribution in [1.29, 1.82) is 0 Å². The number of piperidine rings is 1. The van der Waals surface area contributed by atoms with E-state index in [0.717, 1.165) is 19.4 Å². The number of amides is 1. The Kier molecular flexibility index (Phi) is 3.50. The molecule has 2 N–H and O–H groups in total. The fourth-order valence-electron chi connectivity index (χ4n) is 2.77. The number of carbonyl (C=O) groups excluding carboxylic acids is 1. The fourth-order valence-corrected chi connectivity index (χ4v) is 2.77. The minimum atomic E-state index is -0.225. The van der Waals surface area contributed by atoms with Gasteiger partial charge in [-0.2, -0.15) is 0 Å². The Morgan fingerprint density at radius 3 is 2.69 bits per heavy atom. The van der Waals surface area contributed by atoms with Crippen LogP contribution in [0.1, 0.15) is 26.7 Å². The zero-order valence-corrected chi connectivity index (χ0v) is 10.2. The van der Waals surface area contributed by atoms with Crippen LogP contribution < -0.4 is 5.73 Å². The van der Waals surface area contributed by atoms with Gasteiger partial charge in [0.2, 0.25) is 0 Å². The Morgan fingerprint density at radius 2 is 2.12 bits per heavy atom. The summed E-state index contributed by atoms with van der Waals surface area (Å²) >= 11 is 0. The number of hydrogen-bond acceptors (Lipinski definition) is 3. The maximum absolute atomic E-state index is 12.2. The molecule has 1 amide bonds. The van der Waals surface area contributed by atoms with Crippen molar-refractivity contribution in [3.63, 3.8) is 0 Å². The Hall–Kier alpha value is -0.610. The molecule has 0 aromatic rings. The minimum Gasteiger partial charge on any atom is -0.368 e. The molecular weight excluding hydrogens is 204 g/mol. The van der Waals surface area contributed by atoms with Crippen LogP contribution in [0, 0.1) is 11.8 Å². The van der Waals surface area contributed by atoms with Crippen LogP contribution in [0.15, 0.2) is 0 Å². The van der Waals surface area contributed by atoms with Crippen LogP contribution in [0.25, 0.3) is 0 Å². The molecule has 4 nitrogen and oxygen atoms in total. The molecule has 2 saturated heterocycles. The van der Waals surface area contributed by atoms with E-state index in [2.05, 4.69) is 13.8 Å². The normalized spacial score (nSPS) is 40.1. The van der Waals surface area contributed by atoms with Crippen molar-refractivity contribution in [2.75, 3.05) is 19.7 Å². The molecule has 0 bridgehead atoms. The van der Waals surface area contributed by atoms with Crippen molar-refractivity contribution >= 4 is 5.91 Å². The lowest BCUT2D eigenvalue weighted by Crippen LogP contribution is -2.52. The third-order valence-electron chi connectivity index (χ3n) is 3.63. The molecule has 2 fully saturated rings. The quantitative estimate of drug-likeness (QED) is 0.712. The van der Waals surface area contributed by atoms with Crippen LogP contribution in [0.3, 0.4) is 0 Å². The van der Waals surface area contributed by atoms with Crippen molar-refractivity contribution in [1.82, 2.24) is 4.90 Å². The molecule has 4 heteroatoms. The van der Waals surface area contributed by atoms with E-state index in [0.29, 0.717) is 25.0 Å². The molecule has 0 aliphatic carbocycles. The van der Waals surface area contributed by atoms with Crippen LogP contribution in [0.2, 0.25) is 0 Å². The smallest absolute Gasteiger partial charge is 0.252 e. The molecule has 0 radical (unpaired) electrons. The average Bonchev–Trinajstić information content (AvgIpc) is 2.62. The van der Waals surface area contributed by atoms with Crippen LogP contribution in [0.5, 0.6) is 0 Å². The molecule has 0 aromatic heterocycles. The number of ether oxygens (including phenoxy) is 1. The van der Waals surface area contributed by atoms with E-state index < -0.39 is 0 Å². The first-order chi connectivity index (χ1) is 7.58. The minimum absolute atomic E-state index is 0.129. The maximum atomic E-state index is 12.2. The van der Waals surface area contributed by atoms with E-state index in [1.807, 2.05) is 4.90 Å². The first kappa shape index (κ1) is 11.9. The van der Waals surface area contributed by atoms with Gasteiger partial charge >= 0.3 is 0 Å². The molecule has 2 heterocycles. The molecule has 4 atom stereocenters. The molecule has 2 aliphatic rings. The molecule has 0 spiro atoms. The second-order valence-corrected chi connectivity index (χ2v) is 5.40. The Morgan fingerprint density at radius 1 is 1.38 bits per heavy atom. The number of hydrogen-bond donors (Lipinski definition) is 1. The zero-order chi connectivity index (χ0) is 11.7. The predicted molar refractivity (Wildman–Crippen MR) is 61.9 cm³/mol. The van der Waals surface area contributed by atoms with Gasteiger partial charge in [-0.1, -0.05) is 13.8 Å². The summed E-state index contributed by atoms with van der Waals surface area (Å²) in [5, 5.41) is 0. The van der Waals surface area contributed by atoms with Gasteiger partial charge in [-0.15, -0.1) is 0 Å². The Balaban J connectivity index is 1.98. The molecule has 92 valence electrons. The second kappa shape index (κ2) is 4.72. The van der Waals surface area contributed by atoms with Gasteiger partial charge in [-0.25, -0.2) is 0 Å².